The van der Waals surface area contributed by atoms with Gasteiger partial charge in [0.1, 0.15) is 5.82 Å². The SMILES string of the molecule is C(=C\c1ccccc1)/CN1CCN(c2nc(NC3CCCCC3)c3ccccc3n2)CC1. The molecule has 0 spiro atoms. The van der Waals surface area contributed by atoms with Crippen molar-refractivity contribution in [3.63, 3.8) is 0 Å². The average molecular weight is 428 g/mol. The summed E-state index contributed by atoms with van der Waals surface area (Å²) in [5.41, 5.74) is 2.29. The van der Waals surface area contributed by atoms with Crippen LogP contribution in [0.3, 0.4) is 0 Å². The first kappa shape index (κ1) is 21.0. The Balaban J connectivity index is 1.25. The molecule has 0 bridgehead atoms. The Morgan fingerprint density at radius 3 is 2.41 bits per heavy atom. The Morgan fingerprint density at radius 2 is 1.59 bits per heavy atom. The molecule has 2 aromatic carbocycles. The highest BCUT2D eigenvalue weighted by Crippen LogP contribution is 2.27. The van der Waals surface area contributed by atoms with Gasteiger partial charge in [-0.2, -0.15) is 4.98 Å². The third kappa shape index (κ3) is 5.10. The van der Waals surface area contributed by atoms with Crippen LogP contribution in [0, 0.1) is 0 Å². The molecule has 2 aliphatic rings. The van der Waals surface area contributed by atoms with Gasteiger partial charge in [-0.25, -0.2) is 4.98 Å². The van der Waals surface area contributed by atoms with Gasteiger partial charge in [0.2, 0.25) is 5.95 Å². The zero-order valence-electron chi connectivity index (χ0n) is 18.8. The number of para-hydroxylation sites is 1. The smallest absolute Gasteiger partial charge is 0.227 e. The molecule has 0 atom stereocenters. The third-order valence-electron chi connectivity index (χ3n) is 6.67. The van der Waals surface area contributed by atoms with Gasteiger partial charge in [-0.3, -0.25) is 4.90 Å². The number of hydrogen-bond donors (Lipinski definition) is 1. The number of nitrogens with one attached hydrogen (secondary N) is 1. The molecule has 1 aromatic heterocycles. The maximum Gasteiger partial charge on any atom is 0.227 e. The van der Waals surface area contributed by atoms with Crippen LogP contribution in [-0.2, 0) is 0 Å². The summed E-state index contributed by atoms with van der Waals surface area (Å²) in [7, 11) is 0. The second kappa shape index (κ2) is 10.1. The van der Waals surface area contributed by atoms with Gasteiger partial charge < -0.3 is 10.2 Å². The van der Waals surface area contributed by atoms with E-state index in [1.54, 1.807) is 0 Å². The molecule has 5 nitrogen and oxygen atoms in total. The summed E-state index contributed by atoms with van der Waals surface area (Å²) in [5, 5.41) is 4.89. The molecule has 5 heteroatoms. The third-order valence-corrected chi connectivity index (χ3v) is 6.67. The van der Waals surface area contributed by atoms with Crippen LogP contribution in [0.15, 0.2) is 60.7 Å². The van der Waals surface area contributed by atoms with Crippen molar-refractivity contribution in [2.24, 2.45) is 0 Å². The normalized spacial score (nSPS) is 18.4. The summed E-state index contributed by atoms with van der Waals surface area (Å²) in [4.78, 5) is 14.8. The topological polar surface area (TPSA) is 44.3 Å². The van der Waals surface area contributed by atoms with E-state index in [0.29, 0.717) is 6.04 Å². The Hall–Kier alpha value is -2.92. The first-order valence-electron chi connectivity index (χ1n) is 12.1. The van der Waals surface area contributed by atoms with Crippen LogP contribution in [0.4, 0.5) is 11.8 Å². The minimum absolute atomic E-state index is 0.531. The van der Waals surface area contributed by atoms with Crippen molar-refractivity contribution in [3.8, 4) is 0 Å². The fraction of sp³-hybridized carbons (Fsp3) is 0.407. The van der Waals surface area contributed by atoms with Crippen LogP contribution in [-0.4, -0.2) is 53.6 Å². The molecular formula is C27H33N5. The van der Waals surface area contributed by atoms with E-state index in [1.165, 1.54) is 37.7 Å². The molecule has 32 heavy (non-hydrogen) atoms. The summed E-state index contributed by atoms with van der Waals surface area (Å²) >= 11 is 0. The number of nitrogens with zero attached hydrogens (tertiary/aromatic N) is 4. The summed E-state index contributed by atoms with van der Waals surface area (Å²) < 4.78 is 0. The summed E-state index contributed by atoms with van der Waals surface area (Å²) in [5.74, 6) is 1.87. The van der Waals surface area contributed by atoms with Crippen molar-refractivity contribution in [2.75, 3.05) is 42.9 Å². The molecule has 5 rings (SSSR count). The van der Waals surface area contributed by atoms with Crippen LogP contribution >= 0.6 is 0 Å². The van der Waals surface area contributed by atoms with Crippen molar-refractivity contribution >= 4 is 28.7 Å². The molecule has 0 amide bonds. The lowest BCUT2D eigenvalue weighted by Crippen LogP contribution is -2.47. The lowest BCUT2D eigenvalue weighted by atomic mass is 9.95. The molecule has 0 unspecified atom stereocenters. The predicted molar refractivity (Wildman–Crippen MR) is 134 cm³/mol. The summed E-state index contributed by atoms with van der Waals surface area (Å²) in [6.45, 7) is 4.96. The van der Waals surface area contributed by atoms with E-state index < -0.39 is 0 Å². The van der Waals surface area contributed by atoms with Crippen LogP contribution in [0.1, 0.15) is 37.7 Å². The van der Waals surface area contributed by atoms with Gasteiger partial charge in [0.05, 0.1) is 5.52 Å². The molecule has 166 valence electrons. The van der Waals surface area contributed by atoms with Gasteiger partial charge in [0.15, 0.2) is 0 Å². The van der Waals surface area contributed by atoms with Crippen LogP contribution in [0.5, 0.6) is 0 Å². The molecule has 1 saturated heterocycles. The molecule has 3 aromatic rings. The van der Waals surface area contributed by atoms with Gasteiger partial charge in [0, 0.05) is 44.2 Å². The Morgan fingerprint density at radius 1 is 0.844 bits per heavy atom. The lowest BCUT2D eigenvalue weighted by molar-refractivity contribution is 0.283. The van der Waals surface area contributed by atoms with Crippen LogP contribution in [0.25, 0.3) is 17.0 Å². The van der Waals surface area contributed by atoms with E-state index in [0.717, 1.165) is 55.4 Å². The van der Waals surface area contributed by atoms with Crippen molar-refractivity contribution in [1.29, 1.82) is 0 Å². The number of benzene rings is 2. The number of anilines is 2. The zero-order valence-corrected chi connectivity index (χ0v) is 18.8. The molecule has 1 N–H and O–H groups in total. The monoisotopic (exact) mass is 427 g/mol. The van der Waals surface area contributed by atoms with E-state index in [2.05, 4.69) is 81.9 Å². The minimum atomic E-state index is 0.531. The Kier molecular flexibility index (Phi) is 6.63. The first-order valence-corrected chi connectivity index (χ1v) is 12.1. The second-order valence-electron chi connectivity index (χ2n) is 8.97. The van der Waals surface area contributed by atoms with Gasteiger partial charge in [-0.1, -0.05) is 73.9 Å². The number of piperazine rings is 1. The lowest BCUT2D eigenvalue weighted by Gasteiger charge is -2.34. The number of rotatable bonds is 6. The standard InChI is InChI=1S/C27H33N5/c1-3-10-22(11-4-1)12-9-17-31-18-20-32(21-19-31)27-29-25-16-8-7-15-24(25)26(30-27)28-23-13-5-2-6-14-23/h1,3-4,7-12,15-16,23H,2,5-6,13-14,17-21H2,(H,28,29,30)/b12-9+. The molecule has 2 fully saturated rings. The maximum atomic E-state index is 5.02. The molecule has 2 heterocycles. The number of hydrogen-bond acceptors (Lipinski definition) is 5. The van der Waals surface area contributed by atoms with E-state index in [1.807, 2.05) is 0 Å². The highest BCUT2D eigenvalue weighted by atomic mass is 15.3. The van der Waals surface area contributed by atoms with E-state index >= 15 is 0 Å². The van der Waals surface area contributed by atoms with Crippen molar-refractivity contribution in [2.45, 2.75) is 38.1 Å². The van der Waals surface area contributed by atoms with Gasteiger partial charge in [-0.15, -0.1) is 0 Å². The van der Waals surface area contributed by atoms with E-state index in [9.17, 15) is 0 Å². The van der Waals surface area contributed by atoms with Crippen molar-refractivity contribution < 1.29 is 0 Å². The Labute approximate surface area is 191 Å². The fourth-order valence-electron chi connectivity index (χ4n) is 4.79. The second-order valence-corrected chi connectivity index (χ2v) is 8.97. The van der Waals surface area contributed by atoms with Gasteiger partial charge in [-0.05, 0) is 30.5 Å². The number of fused-ring (bicyclic) bond motifs is 1. The highest BCUT2D eigenvalue weighted by Gasteiger charge is 2.21. The fourth-order valence-corrected chi connectivity index (χ4v) is 4.79. The van der Waals surface area contributed by atoms with Gasteiger partial charge in [0.25, 0.3) is 0 Å². The molecule has 1 saturated carbocycles. The largest absolute Gasteiger partial charge is 0.367 e. The molecule has 1 aliphatic heterocycles. The molecule has 1 aliphatic carbocycles. The minimum Gasteiger partial charge on any atom is -0.367 e. The van der Waals surface area contributed by atoms with Crippen LogP contribution < -0.4 is 10.2 Å². The summed E-state index contributed by atoms with van der Waals surface area (Å²) in [6, 6.07) is 19.4. The van der Waals surface area contributed by atoms with Gasteiger partial charge >= 0.3 is 0 Å². The molecule has 0 radical (unpaired) electrons. The highest BCUT2D eigenvalue weighted by molar-refractivity contribution is 5.90. The predicted octanol–water partition coefficient (Wildman–Crippen LogP) is 5.21. The van der Waals surface area contributed by atoms with E-state index in [4.69, 9.17) is 9.97 Å². The van der Waals surface area contributed by atoms with E-state index in [-0.39, 0.29) is 0 Å². The quantitative estimate of drug-likeness (QED) is 0.585. The van der Waals surface area contributed by atoms with Crippen molar-refractivity contribution in [1.82, 2.24) is 14.9 Å². The number of aromatic nitrogens is 2. The average Bonchev–Trinajstić information content (AvgIpc) is 2.86. The zero-order chi connectivity index (χ0) is 21.6. The molecular weight excluding hydrogens is 394 g/mol. The Bertz CT molecular complexity index is 1030. The maximum absolute atomic E-state index is 5.02. The van der Waals surface area contributed by atoms with Crippen molar-refractivity contribution in [3.05, 3.63) is 66.2 Å². The first-order chi connectivity index (χ1) is 15.8. The summed E-state index contributed by atoms with van der Waals surface area (Å²) in [6.07, 6.45) is 10.9. The van der Waals surface area contributed by atoms with Crippen LogP contribution in [0.2, 0.25) is 0 Å².